The van der Waals surface area contributed by atoms with Crippen LogP contribution in [0.1, 0.15) is 17.3 Å². The van der Waals surface area contributed by atoms with E-state index in [-0.39, 0.29) is 44.1 Å². The van der Waals surface area contributed by atoms with Crippen LogP contribution in [0.15, 0.2) is 69.9 Å². The first kappa shape index (κ1) is 23.5. The zero-order chi connectivity index (χ0) is 24.8. The van der Waals surface area contributed by atoms with Gasteiger partial charge in [0.25, 0.3) is 5.91 Å². The Labute approximate surface area is 200 Å². The summed E-state index contributed by atoms with van der Waals surface area (Å²) in [6.07, 6.45) is 0.908. The van der Waals surface area contributed by atoms with E-state index in [4.69, 9.17) is 16.0 Å². The number of carbonyl (C=O) groups excluding carboxylic acids is 2. The Morgan fingerprint density at radius 2 is 1.59 bits per heavy atom. The molecule has 0 aliphatic heterocycles. The highest BCUT2D eigenvalue weighted by molar-refractivity contribution is 7.92. The highest BCUT2D eigenvalue weighted by atomic mass is 35.5. The Kier molecular flexibility index (Phi) is 5.93. The Morgan fingerprint density at radius 3 is 2.21 bits per heavy atom. The molecule has 3 aromatic carbocycles. The summed E-state index contributed by atoms with van der Waals surface area (Å²) in [7, 11) is -2.46. The second-order valence-electron chi connectivity index (χ2n) is 7.69. The number of carbonyl (C=O) groups is 2. The number of nitrogens with zero attached hydrogens (tertiary/aromatic N) is 2. The van der Waals surface area contributed by atoms with Gasteiger partial charge in [-0.25, -0.2) is 12.7 Å². The van der Waals surface area contributed by atoms with Gasteiger partial charge >= 0.3 is 0 Å². The number of hydrogen-bond acceptors (Lipinski definition) is 6. The number of benzene rings is 3. The van der Waals surface area contributed by atoms with Crippen molar-refractivity contribution in [1.82, 2.24) is 0 Å². The average molecular weight is 499 g/mol. The predicted octanol–water partition coefficient (Wildman–Crippen LogP) is 4.19. The van der Waals surface area contributed by atoms with E-state index in [1.54, 1.807) is 25.2 Å². The fourth-order valence-corrected chi connectivity index (χ4v) is 4.67. The van der Waals surface area contributed by atoms with Gasteiger partial charge in [-0.15, -0.1) is 0 Å². The van der Waals surface area contributed by atoms with E-state index in [0.29, 0.717) is 9.99 Å². The van der Waals surface area contributed by atoms with Crippen molar-refractivity contribution in [2.24, 2.45) is 0 Å². The van der Waals surface area contributed by atoms with Gasteiger partial charge in [-0.05, 0) is 54.6 Å². The molecular weight excluding hydrogens is 480 g/mol. The van der Waals surface area contributed by atoms with Crippen molar-refractivity contribution in [1.29, 1.82) is 0 Å². The molecule has 0 spiro atoms. The molecule has 0 saturated heterocycles. The maximum Gasteiger partial charge on any atom is 0.272 e. The number of halogens is 1. The summed E-state index contributed by atoms with van der Waals surface area (Å²) in [6.45, 7) is 1.40. The lowest BCUT2D eigenvalue weighted by molar-refractivity contribution is -0.116. The minimum Gasteiger partial charge on any atom is -0.454 e. The number of amides is 2. The smallest absolute Gasteiger partial charge is 0.272 e. The van der Waals surface area contributed by atoms with Crippen LogP contribution >= 0.6 is 11.6 Å². The van der Waals surface area contributed by atoms with Crippen molar-refractivity contribution in [3.63, 3.8) is 0 Å². The molecule has 8 nitrogen and oxygen atoms in total. The molecule has 4 aromatic rings. The predicted molar refractivity (Wildman–Crippen MR) is 132 cm³/mol. The summed E-state index contributed by atoms with van der Waals surface area (Å²) in [6, 6.07) is 14.8. The number of fused-ring (bicyclic) bond motifs is 2. The molecule has 2 amide bonds. The van der Waals surface area contributed by atoms with Gasteiger partial charge in [-0.2, -0.15) is 0 Å². The summed E-state index contributed by atoms with van der Waals surface area (Å²) in [5, 5.41) is 0.640. The minimum absolute atomic E-state index is 0.0171. The topological polar surface area (TPSA) is 105 Å². The first-order valence-electron chi connectivity index (χ1n) is 10.0. The van der Waals surface area contributed by atoms with E-state index in [9.17, 15) is 22.8 Å². The van der Waals surface area contributed by atoms with Crippen LogP contribution in [0.5, 0.6) is 0 Å². The molecule has 4 rings (SSSR count). The van der Waals surface area contributed by atoms with Gasteiger partial charge in [0.15, 0.2) is 5.58 Å². The monoisotopic (exact) mass is 498 g/mol. The fourth-order valence-electron chi connectivity index (χ4n) is 3.55. The van der Waals surface area contributed by atoms with E-state index in [1.807, 2.05) is 0 Å². The Hall–Kier alpha value is -3.69. The van der Waals surface area contributed by atoms with E-state index in [1.165, 1.54) is 54.3 Å². The van der Waals surface area contributed by atoms with Gasteiger partial charge in [0.05, 0.1) is 27.7 Å². The number of sulfonamides is 1. The van der Waals surface area contributed by atoms with E-state index in [2.05, 4.69) is 0 Å². The van der Waals surface area contributed by atoms with Crippen LogP contribution in [0.2, 0.25) is 5.02 Å². The molecule has 0 unspecified atom stereocenters. The molecule has 1 aromatic heterocycles. The van der Waals surface area contributed by atoms with Gasteiger partial charge < -0.3 is 9.32 Å². The Morgan fingerprint density at radius 1 is 0.941 bits per heavy atom. The van der Waals surface area contributed by atoms with Crippen LogP contribution in [-0.2, 0) is 14.8 Å². The third-order valence-corrected chi connectivity index (χ3v) is 6.69. The highest BCUT2D eigenvalue weighted by Gasteiger charge is 2.27. The van der Waals surface area contributed by atoms with Gasteiger partial charge in [-0.3, -0.25) is 14.4 Å². The average Bonchev–Trinajstić information content (AvgIpc) is 2.79. The standard InChI is InChI=1S/C24H19ClN2O6S/c1-14(28)26(2)16-8-10-17(11-9-16)27(34(3,31)32)24(30)15-7-12-21-19(13-15)22(29)18-5-4-6-20(25)23(18)33-21/h4-13H,1-3H3. The van der Waals surface area contributed by atoms with Crippen molar-refractivity contribution in [3.8, 4) is 0 Å². The van der Waals surface area contributed by atoms with Crippen molar-refractivity contribution in [2.75, 3.05) is 22.5 Å². The summed E-state index contributed by atoms with van der Waals surface area (Å²) in [5.74, 6) is -1.05. The molecule has 0 atom stereocenters. The summed E-state index contributed by atoms with van der Waals surface area (Å²) in [5.41, 5.74) is 0.655. The molecule has 0 aliphatic rings. The maximum absolute atomic E-state index is 13.3. The number of anilines is 2. The van der Waals surface area contributed by atoms with E-state index in [0.717, 1.165) is 6.26 Å². The lowest BCUT2D eigenvalue weighted by atomic mass is 10.1. The summed E-state index contributed by atoms with van der Waals surface area (Å²) < 4.78 is 31.5. The molecule has 0 radical (unpaired) electrons. The fraction of sp³-hybridized carbons (Fsp3) is 0.125. The Bertz CT molecular complexity index is 1630. The van der Waals surface area contributed by atoms with Crippen LogP contribution in [0.4, 0.5) is 11.4 Å². The van der Waals surface area contributed by atoms with Gasteiger partial charge in [0.2, 0.25) is 21.4 Å². The van der Waals surface area contributed by atoms with Crippen LogP contribution in [0.25, 0.3) is 21.9 Å². The normalized spacial score (nSPS) is 11.5. The largest absolute Gasteiger partial charge is 0.454 e. The number of para-hydroxylation sites is 1. The van der Waals surface area contributed by atoms with Crippen LogP contribution in [0, 0.1) is 0 Å². The Balaban J connectivity index is 1.82. The second-order valence-corrected chi connectivity index (χ2v) is 9.92. The van der Waals surface area contributed by atoms with E-state index < -0.39 is 21.4 Å². The molecule has 0 N–H and O–H groups in total. The molecule has 0 fully saturated rings. The quantitative estimate of drug-likeness (QED) is 0.391. The van der Waals surface area contributed by atoms with Crippen molar-refractivity contribution >= 4 is 66.8 Å². The van der Waals surface area contributed by atoms with Gasteiger partial charge in [-0.1, -0.05) is 17.7 Å². The van der Waals surface area contributed by atoms with Crippen LogP contribution in [-0.4, -0.2) is 33.5 Å². The zero-order valence-corrected chi connectivity index (χ0v) is 20.0. The van der Waals surface area contributed by atoms with Crippen LogP contribution in [0.3, 0.4) is 0 Å². The van der Waals surface area contributed by atoms with Gasteiger partial charge in [0, 0.05) is 25.2 Å². The van der Waals surface area contributed by atoms with Crippen molar-refractivity contribution in [2.45, 2.75) is 6.92 Å². The maximum atomic E-state index is 13.3. The summed E-state index contributed by atoms with van der Waals surface area (Å²) in [4.78, 5) is 39.3. The molecule has 174 valence electrons. The lowest BCUT2D eigenvalue weighted by Crippen LogP contribution is -2.36. The van der Waals surface area contributed by atoms with E-state index >= 15 is 0 Å². The molecule has 10 heteroatoms. The lowest BCUT2D eigenvalue weighted by Gasteiger charge is -2.22. The zero-order valence-electron chi connectivity index (χ0n) is 18.4. The number of rotatable bonds is 4. The summed E-state index contributed by atoms with van der Waals surface area (Å²) >= 11 is 6.14. The molecule has 1 heterocycles. The third kappa shape index (κ3) is 4.15. The molecule has 34 heavy (non-hydrogen) atoms. The minimum atomic E-state index is -4.03. The molecular formula is C24H19ClN2O6S. The van der Waals surface area contributed by atoms with Crippen molar-refractivity contribution < 1.29 is 22.4 Å². The highest BCUT2D eigenvalue weighted by Crippen LogP contribution is 2.28. The SMILES string of the molecule is CC(=O)N(C)c1ccc(N(C(=O)c2ccc3oc4c(Cl)cccc4c(=O)c3c2)S(C)(=O)=O)cc1. The van der Waals surface area contributed by atoms with Crippen molar-refractivity contribution in [3.05, 3.63) is 81.5 Å². The molecule has 0 saturated carbocycles. The second kappa shape index (κ2) is 8.58. The first-order valence-corrected chi connectivity index (χ1v) is 12.3. The van der Waals surface area contributed by atoms with Gasteiger partial charge in [0.1, 0.15) is 5.58 Å². The molecule has 0 bridgehead atoms. The first-order chi connectivity index (χ1) is 16.0. The third-order valence-electron chi connectivity index (χ3n) is 5.35. The number of hydrogen-bond donors (Lipinski definition) is 0. The van der Waals surface area contributed by atoms with Crippen LogP contribution < -0.4 is 14.6 Å². The molecule has 0 aliphatic carbocycles.